The van der Waals surface area contributed by atoms with Gasteiger partial charge < -0.3 is 4.90 Å². The summed E-state index contributed by atoms with van der Waals surface area (Å²) in [5.74, 6) is 1.13. The molecule has 3 aromatic heterocycles. The van der Waals surface area contributed by atoms with E-state index >= 15 is 0 Å². The molecule has 1 saturated heterocycles. The standard InChI is InChI=1S/C22H28N6O/c1-15(2)13-28-6-4-16(5-7-28)22(29)10-19-9-17-8-18(11-24-20(17)12-23-19)21-14-27(3)26-25-21/h8-9,11-12,14-16H,4-7,10,13H2,1-3H3. The van der Waals surface area contributed by atoms with Crippen molar-refractivity contribution in [2.75, 3.05) is 19.6 Å². The van der Waals surface area contributed by atoms with Gasteiger partial charge >= 0.3 is 0 Å². The third-order valence-corrected chi connectivity index (χ3v) is 5.54. The van der Waals surface area contributed by atoms with Crippen LogP contribution in [-0.4, -0.2) is 55.3 Å². The molecule has 1 aliphatic rings. The zero-order valence-electron chi connectivity index (χ0n) is 17.4. The Balaban J connectivity index is 1.44. The van der Waals surface area contributed by atoms with Gasteiger partial charge in [0.25, 0.3) is 0 Å². The summed E-state index contributed by atoms with van der Waals surface area (Å²) in [6.07, 6.45) is 7.70. The number of ketones is 1. The van der Waals surface area contributed by atoms with Crippen LogP contribution in [0.3, 0.4) is 0 Å². The zero-order valence-corrected chi connectivity index (χ0v) is 17.4. The van der Waals surface area contributed by atoms with Crippen LogP contribution < -0.4 is 0 Å². The second kappa shape index (κ2) is 8.37. The summed E-state index contributed by atoms with van der Waals surface area (Å²) in [5.41, 5.74) is 3.32. The van der Waals surface area contributed by atoms with Gasteiger partial charge in [0, 0.05) is 48.8 Å². The largest absolute Gasteiger partial charge is 0.303 e. The number of Topliss-reactive ketones (excluding diaryl/α,β-unsaturated/α-hetero) is 1. The predicted octanol–water partition coefficient (Wildman–Crippen LogP) is 2.90. The Morgan fingerprint density at radius 1 is 1.17 bits per heavy atom. The summed E-state index contributed by atoms with van der Waals surface area (Å²) in [7, 11) is 1.84. The number of fused-ring (bicyclic) bond motifs is 1. The molecule has 0 bridgehead atoms. The minimum absolute atomic E-state index is 0.153. The molecule has 3 aromatic rings. The second-order valence-corrected chi connectivity index (χ2v) is 8.48. The molecule has 4 rings (SSSR count). The van der Waals surface area contributed by atoms with Gasteiger partial charge in [0.2, 0.25) is 0 Å². The molecule has 1 fully saturated rings. The summed E-state index contributed by atoms with van der Waals surface area (Å²) in [6, 6.07) is 4.01. The minimum atomic E-state index is 0.153. The SMILES string of the molecule is CC(C)CN1CCC(C(=O)Cc2cc3cc(-c4cn(C)nn4)cnc3cn2)CC1. The lowest BCUT2D eigenvalue weighted by Gasteiger charge is -2.32. The molecular formula is C22H28N6O. The number of hydrogen-bond donors (Lipinski definition) is 0. The van der Waals surface area contributed by atoms with Crippen LogP contribution in [0, 0.1) is 11.8 Å². The lowest BCUT2D eigenvalue weighted by molar-refractivity contribution is -0.123. The van der Waals surface area contributed by atoms with E-state index in [2.05, 4.69) is 39.0 Å². The zero-order chi connectivity index (χ0) is 20.4. The molecular weight excluding hydrogens is 364 g/mol. The molecule has 0 aromatic carbocycles. The van der Waals surface area contributed by atoms with Crippen LogP contribution in [0.5, 0.6) is 0 Å². The molecule has 1 aliphatic heterocycles. The molecule has 0 unspecified atom stereocenters. The number of hydrogen-bond acceptors (Lipinski definition) is 6. The molecule has 0 atom stereocenters. The third kappa shape index (κ3) is 4.67. The topological polar surface area (TPSA) is 76.8 Å². The Hall–Kier alpha value is -2.67. The van der Waals surface area contributed by atoms with Gasteiger partial charge in [0.1, 0.15) is 11.5 Å². The van der Waals surface area contributed by atoms with Gasteiger partial charge in [-0.25, -0.2) is 0 Å². The summed E-state index contributed by atoms with van der Waals surface area (Å²) < 4.78 is 1.67. The summed E-state index contributed by atoms with van der Waals surface area (Å²) in [6.45, 7) is 7.64. The highest BCUT2D eigenvalue weighted by atomic mass is 16.1. The number of carbonyl (C=O) groups excluding carboxylic acids is 1. The van der Waals surface area contributed by atoms with Crippen LogP contribution in [0.15, 0.2) is 30.7 Å². The highest BCUT2D eigenvalue weighted by molar-refractivity contribution is 5.86. The van der Waals surface area contributed by atoms with Gasteiger partial charge in [-0.1, -0.05) is 19.1 Å². The Labute approximate surface area is 171 Å². The van der Waals surface area contributed by atoms with Crippen molar-refractivity contribution < 1.29 is 4.79 Å². The van der Waals surface area contributed by atoms with Crippen LogP contribution in [0.25, 0.3) is 22.2 Å². The predicted molar refractivity (Wildman–Crippen MR) is 112 cm³/mol. The van der Waals surface area contributed by atoms with Crippen molar-refractivity contribution in [3.05, 3.63) is 36.4 Å². The Kier molecular flexibility index (Phi) is 5.67. The maximum absolute atomic E-state index is 12.8. The normalized spacial score (nSPS) is 16.0. The first kappa shape index (κ1) is 19.6. The van der Waals surface area contributed by atoms with Crippen LogP contribution in [0.2, 0.25) is 0 Å². The van der Waals surface area contributed by atoms with Gasteiger partial charge in [-0.05, 0) is 44.0 Å². The van der Waals surface area contributed by atoms with E-state index < -0.39 is 0 Å². The Morgan fingerprint density at radius 3 is 2.66 bits per heavy atom. The van der Waals surface area contributed by atoms with Crippen LogP contribution in [0.4, 0.5) is 0 Å². The van der Waals surface area contributed by atoms with Gasteiger partial charge in [0.15, 0.2) is 0 Å². The summed E-state index contributed by atoms with van der Waals surface area (Å²) in [4.78, 5) is 24.3. The van der Waals surface area contributed by atoms with Crippen molar-refractivity contribution in [1.82, 2.24) is 29.9 Å². The minimum Gasteiger partial charge on any atom is -0.303 e. The number of piperidine rings is 1. The van der Waals surface area contributed by atoms with E-state index in [1.54, 1.807) is 17.1 Å². The van der Waals surface area contributed by atoms with E-state index in [1.165, 1.54) is 0 Å². The lowest BCUT2D eigenvalue weighted by Crippen LogP contribution is -2.38. The number of likely N-dealkylation sites (tertiary alicyclic amines) is 1. The van der Waals surface area contributed by atoms with Crippen molar-refractivity contribution in [3.63, 3.8) is 0 Å². The maximum Gasteiger partial charge on any atom is 0.142 e. The smallest absolute Gasteiger partial charge is 0.142 e. The molecule has 29 heavy (non-hydrogen) atoms. The number of rotatable bonds is 6. The van der Waals surface area contributed by atoms with Gasteiger partial charge in [-0.3, -0.25) is 19.4 Å². The fourth-order valence-electron chi connectivity index (χ4n) is 4.07. The van der Waals surface area contributed by atoms with Crippen molar-refractivity contribution in [2.45, 2.75) is 33.1 Å². The fraction of sp³-hybridized carbons (Fsp3) is 0.500. The van der Waals surface area contributed by atoms with E-state index in [1.807, 2.05) is 25.4 Å². The Bertz CT molecular complexity index is 1000. The molecule has 0 saturated carbocycles. The quantitative estimate of drug-likeness (QED) is 0.642. The number of nitrogens with zero attached hydrogens (tertiary/aromatic N) is 6. The van der Waals surface area contributed by atoms with E-state index in [0.29, 0.717) is 18.1 Å². The highest BCUT2D eigenvalue weighted by Gasteiger charge is 2.25. The summed E-state index contributed by atoms with van der Waals surface area (Å²) >= 11 is 0. The van der Waals surface area contributed by atoms with Crippen LogP contribution in [0.1, 0.15) is 32.4 Å². The van der Waals surface area contributed by atoms with E-state index in [4.69, 9.17) is 0 Å². The molecule has 4 heterocycles. The number of carbonyl (C=O) groups is 1. The molecule has 152 valence electrons. The van der Waals surface area contributed by atoms with Gasteiger partial charge in [-0.2, -0.15) is 0 Å². The molecule has 0 aliphatic carbocycles. The molecule has 0 radical (unpaired) electrons. The van der Waals surface area contributed by atoms with Gasteiger partial charge in [0.05, 0.1) is 17.9 Å². The average molecular weight is 393 g/mol. The van der Waals surface area contributed by atoms with Crippen molar-refractivity contribution in [2.24, 2.45) is 18.9 Å². The monoisotopic (exact) mass is 392 g/mol. The van der Waals surface area contributed by atoms with Crippen LogP contribution in [-0.2, 0) is 18.3 Å². The molecule has 7 heteroatoms. The molecule has 7 nitrogen and oxygen atoms in total. The molecule has 0 amide bonds. The first-order chi connectivity index (χ1) is 14.0. The fourth-order valence-corrected chi connectivity index (χ4v) is 4.07. The first-order valence-electron chi connectivity index (χ1n) is 10.3. The van der Waals surface area contributed by atoms with E-state index in [9.17, 15) is 4.79 Å². The average Bonchev–Trinajstić information content (AvgIpc) is 3.14. The lowest BCUT2D eigenvalue weighted by atomic mass is 9.90. The Morgan fingerprint density at radius 2 is 1.97 bits per heavy atom. The van der Waals surface area contributed by atoms with Crippen LogP contribution >= 0.6 is 0 Å². The second-order valence-electron chi connectivity index (χ2n) is 8.48. The molecule has 0 spiro atoms. The van der Waals surface area contributed by atoms with Crippen molar-refractivity contribution in [1.29, 1.82) is 0 Å². The molecule has 0 N–H and O–H groups in total. The number of aryl methyl sites for hydroxylation is 1. The van der Waals surface area contributed by atoms with E-state index in [-0.39, 0.29) is 5.92 Å². The maximum atomic E-state index is 12.8. The highest BCUT2D eigenvalue weighted by Crippen LogP contribution is 2.23. The van der Waals surface area contributed by atoms with Gasteiger partial charge in [-0.15, -0.1) is 5.10 Å². The summed E-state index contributed by atoms with van der Waals surface area (Å²) in [5, 5.41) is 9.10. The number of pyridine rings is 2. The van der Waals surface area contributed by atoms with Crippen molar-refractivity contribution >= 4 is 16.7 Å². The van der Waals surface area contributed by atoms with E-state index in [0.717, 1.165) is 60.3 Å². The third-order valence-electron chi connectivity index (χ3n) is 5.54. The number of aromatic nitrogens is 5. The first-order valence-corrected chi connectivity index (χ1v) is 10.3. The van der Waals surface area contributed by atoms with Crippen molar-refractivity contribution in [3.8, 4) is 11.3 Å².